The van der Waals surface area contributed by atoms with Gasteiger partial charge in [-0.1, -0.05) is 12.5 Å². The molecule has 1 aliphatic carbocycles. The third-order valence-electron chi connectivity index (χ3n) is 5.04. The Morgan fingerprint density at radius 2 is 1.96 bits per heavy atom. The fourth-order valence-electron chi connectivity index (χ4n) is 3.66. The molecule has 132 valence electrons. The number of amides is 1. The fraction of sp³-hybridized carbons (Fsp3) is 0.286. The Kier molecular flexibility index (Phi) is 4.29. The number of hydrogen-bond donors (Lipinski definition) is 1. The number of ketones is 1. The first-order chi connectivity index (χ1) is 12.7. The molecule has 1 atom stereocenters. The lowest BCUT2D eigenvalue weighted by Crippen LogP contribution is -2.31. The molecule has 5 nitrogen and oxygen atoms in total. The SMILES string of the molecule is COc1ccc(NC(=O)c2cccc3c2N=C2CCCCC2C3=O)cc1. The summed E-state index contributed by atoms with van der Waals surface area (Å²) in [4.78, 5) is 30.3. The number of rotatable bonds is 3. The maximum atomic E-state index is 12.8. The van der Waals surface area contributed by atoms with Crippen molar-refractivity contribution in [2.45, 2.75) is 25.7 Å². The number of aliphatic imine (C=N–C) groups is 1. The second-order valence-corrected chi connectivity index (χ2v) is 6.65. The third kappa shape index (κ3) is 2.90. The highest BCUT2D eigenvalue weighted by molar-refractivity contribution is 6.21. The van der Waals surface area contributed by atoms with Crippen LogP contribution in [0.15, 0.2) is 47.5 Å². The maximum absolute atomic E-state index is 12.8. The van der Waals surface area contributed by atoms with E-state index in [0.717, 1.165) is 37.1 Å². The highest BCUT2D eigenvalue weighted by atomic mass is 16.5. The van der Waals surface area contributed by atoms with E-state index in [1.54, 1.807) is 49.6 Å². The molecule has 1 amide bonds. The normalized spacial score (nSPS) is 18.4. The molecular formula is C21H20N2O3. The van der Waals surface area contributed by atoms with E-state index in [0.29, 0.717) is 22.5 Å². The lowest BCUT2D eigenvalue weighted by molar-refractivity contribution is 0.0942. The summed E-state index contributed by atoms with van der Waals surface area (Å²) in [6.45, 7) is 0. The zero-order valence-electron chi connectivity index (χ0n) is 14.6. The van der Waals surface area contributed by atoms with Crippen LogP contribution in [0.3, 0.4) is 0 Å². The van der Waals surface area contributed by atoms with Crippen molar-refractivity contribution in [1.29, 1.82) is 0 Å². The second-order valence-electron chi connectivity index (χ2n) is 6.65. The summed E-state index contributed by atoms with van der Waals surface area (Å²) in [6.07, 6.45) is 3.81. The first-order valence-corrected chi connectivity index (χ1v) is 8.87. The van der Waals surface area contributed by atoms with Gasteiger partial charge in [0.25, 0.3) is 5.91 Å². The van der Waals surface area contributed by atoms with E-state index in [4.69, 9.17) is 9.73 Å². The molecule has 0 bridgehead atoms. The Hall–Kier alpha value is -2.95. The van der Waals surface area contributed by atoms with Gasteiger partial charge in [0.1, 0.15) is 5.75 Å². The molecule has 0 aromatic heterocycles. The van der Waals surface area contributed by atoms with Gasteiger partial charge in [0, 0.05) is 17.0 Å². The minimum atomic E-state index is -0.265. The molecule has 2 aromatic rings. The predicted molar refractivity (Wildman–Crippen MR) is 101 cm³/mol. The largest absolute Gasteiger partial charge is 0.497 e. The molecular weight excluding hydrogens is 328 g/mol. The lowest BCUT2D eigenvalue weighted by Gasteiger charge is -2.28. The van der Waals surface area contributed by atoms with Gasteiger partial charge in [-0.25, -0.2) is 0 Å². The molecule has 0 spiro atoms. The smallest absolute Gasteiger partial charge is 0.257 e. The van der Waals surface area contributed by atoms with Crippen LogP contribution in [-0.4, -0.2) is 24.5 Å². The highest BCUT2D eigenvalue weighted by Gasteiger charge is 2.34. The van der Waals surface area contributed by atoms with Crippen LogP contribution in [0.1, 0.15) is 46.4 Å². The zero-order valence-corrected chi connectivity index (χ0v) is 14.6. The van der Waals surface area contributed by atoms with Gasteiger partial charge < -0.3 is 10.1 Å². The molecule has 1 N–H and O–H groups in total. The Labute approximate surface area is 152 Å². The van der Waals surface area contributed by atoms with Crippen molar-refractivity contribution in [2.24, 2.45) is 10.9 Å². The van der Waals surface area contributed by atoms with Crippen molar-refractivity contribution in [3.05, 3.63) is 53.6 Å². The van der Waals surface area contributed by atoms with Gasteiger partial charge in [0.2, 0.25) is 0 Å². The number of ether oxygens (including phenoxy) is 1. The number of carbonyl (C=O) groups excluding carboxylic acids is 2. The summed E-state index contributed by atoms with van der Waals surface area (Å²) in [5.74, 6) is 0.457. The predicted octanol–water partition coefficient (Wildman–Crippen LogP) is 4.41. The number of nitrogens with one attached hydrogen (secondary N) is 1. The minimum Gasteiger partial charge on any atom is -0.497 e. The van der Waals surface area contributed by atoms with Crippen LogP contribution in [-0.2, 0) is 0 Å². The molecule has 5 heteroatoms. The van der Waals surface area contributed by atoms with Crippen LogP contribution in [0.5, 0.6) is 5.75 Å². The lowest BCUT2D eigenvalue weighted by atomic mass is 9.79. The molecule has 26 heavy (non-hydrogen) atoms. The van der Waals surface area contributed by atoms with Gasteiger partial charge in [-0.2, -0.15) is 0 Å². The van der Waals surface area contributed by atoms with Crippen molar-refractivity contribution < 1.29 is 14.3 Å². The number of fused-ring (bicyclic) bond motifs is 2. The van der Waals surface area contributed by atoms with Gasteiger partial charge in [-0.15, -0.1) is 0 Å². The molecule has 0 radical (unpaired) electrons. The molecule has 2 aromatic carbocycles. The first kappa shape index (κ1) is 16.5. The molecule has 1 heterocycles. The van der Waals surface area contributed by atoms with Crippen molar-refractivity contribution >= 4 is 28.8 Å². The number of carbonyl (C=O) groups is 2. The summed E-state index contributed by atoms with van der Waals surface area (Å²) >= 11 is 0. The van der Waals surface area contributed by atoms with Gasteiger partial charge in [-0.3, -0.25) is 14.6 Å². The van der Waals surface area contributed by atoms with Crippen molar-refractivity contribution in [1.82, 2.24) is 0 Å². The number of methoxy groups -OCH3 is 1. The van der Waals surface area contributed by atoms with Crippen molar-refractivity contribution in [2.75, 3.05) is 12.4 Å². The van der Waals surface area contributed by atoms with Crippen molar-refractivity contribution in [3.63, 3.8) is 0 Å². The Bertz CT molecular complexity index is 900. The van der Waals surface area contributed by atoms with E-state index < -0.39 is 0 Å². The zero-order chi connectivity index (χ0) is 18.1. The molecule has 1 saturated carbocycles. The summed E-state index contributed by atoms with van der Waals surface area (Å²) in [6, 6.07) is 12.4. The summed E-state index contributed by atoms with van der Waals surface area (Å²) in [7, 11) is 1.60. The van der Waals surface area contributed by atoms with E-state index in [1.807, 2.05) is 0 Å². The first-order valence-electron chi connectivity index (χ1n) is 8.87. The second kappa shape index (κ2) is 6.75. The standard InChI is InChI=1S/C21H20N2O3/c1-26-14-11-9-13(10-12-14)22-21(25)17-7-4-6-16-19(17)23-18-8-3-2-5-15(18)20(16)24/h4,6-7,9-12,15H,2-3,5,8H2,1H3,(H,22,25). The number of benzene rings is 2. The molecule has 1 fully saturated rings. The van der Waals surface area contributed by atoms with Crippen LogP contribution in [0.4, 0.5) is 11.4 Å². The molecule has 0 saturated heterocycles. The maximum Gasteiger partial charge on any atom is 0.257 e. The average molecular weight is 348 g/mol. The number of para-hydroxylation sites is 1. The van der Waals surface area contributed by atoms with E-state index in [2.05, 4.69) is 5.32 Å². The quantitative estimate of drug-likeness (QED) is 0.893. The Morgan fingerprint density at radius 1 is 1.15 bits per heavy atom. The number of hydrogen-bond acceptors (Lipinski definition) is 4. The average Bonchev–Trinajstić information content (AvgIpc) is 2.68. The number of Topliss-reactive ketones (excluding diaryl/α,β-unsaturated/α-hetero) is 1. The van der Waals surface area contributed by atoms with E-state index in [-0.39, 0.29) is 17.6 Å². The number of anilines is 1. The Morgan fingerprint density at radius 3 is 2.73 bits per heavy atom. The van der Waals surface area contributed by atoms with Gasteiger partial charge in [0.15, 0.2) is 5.78 Å². The summed E-state index contributed by atoms with van der Waals surface area (Å²) in [5, 5.41) is 2.87. The van der Waals surface area contributed by atoms with Gasteiger partial charge >= 0.3 is 0 Å². The highest BCUT2D eigenvalue weighted by Crippen LogP contribution is 2.37. The van der Waals surface area contributed by atoms with E-state index in [1.165, 1.54) is 0 Å². The van der Waals surface area contributed by atoms with E-state index in [9.17, 15) is 9.59 Å². The van der Waals surface area contributed by atoms with Crippen LogP contribution >= 0.6 is 0 Å². The molecule has 2 aliphatic rings. The molecule has 4 rings (SSSR count). The topological polar surface area (TPSA) is 67.8 Å². The van der Waals surface area contributed by atoms with Crippen LogP contribution in [0.25, 0.3) is 0 Å². The van der Waals surface area contributed by atoms with E-state index >= 15 is 0 Å². The Balaban J connectivity index is 1.66. The third-order valence-corrected chi connectivity index (χ3v) is 5.04. The molecule has 1 aliphatic heterocycles. The van der Waals surface area contributed by atoms with Crippen LogP contribution in [0.2, 0.25) is 0 Å². The fourth-order valence-corrected chi connectivity index (χ4v) is 3.66. The minimum absolute atomic E-state index is 0.101. The van der Waals surface area contributed by atoms with Crippen LogP contribution < -0.4 is 10.1 Å². The number of nitrogens with zero attached hydrogens (tertiary/aromatic N) is 1. The van der Waals surface area contributed by atoms with Crippen LogP contribution in [0, 0.1) is 5.92 Å². The van der Waals surface area contributed by atoms with Gasteiger partial charge in [0.05, 0.1) is 24.3 Å². The monoisotopic (exact) mass is 348 g/mol. The summed E-state index contributed by atoms with van der Waals surface area (Å²) in [5.41, 5.74) is 3.10. The summed E-state index contributed by atoms with van der Waals surface area (Å²) < 4.78 is 5.13. The molecule has 1 unspecified atom stereocenters. The van der Waals surface area contributed by atoms with Gasteiger partial charge in [-0.05, 0) is 55.7 Å². The van der Waals surface area contributed by atoms with Crippen molar-refractivity contribution in [3.8, 4) is 5.75 Å².